The molecule has 0 spiro atoms. The van der Waals surface area contributed by atoms with Crippen molar-refractivity contribution >= 4 is 17.3 Å². The minimum Gasteiger partial charge on any atom is -0.461 e. The fourth-order valence-corrected chi connectivity index (χ4v) is 2.24. The molecule has 1 aliphatic heterocycles. The van der Waals surface area contributed by atoms with Crippen LogP contribution < -0.4 is 5.32 Å². The Morgan fingerprint density at radius 3 is 2.90 bits per heavy atom. The van der Waals surface area contributed by atoms with E-state index in [-0.39, 0.29) is 29.9 Å². The van der Waals surface area contributed by atoms with Crippen molar-refractivity contribution in [1.29, 1.82) is 0 Å². The first kappa shape index (κ1) is 15.0. The number of carbonyl (C=O) groups excluding carboxylic acids is 1. The lowest BCUT2D eigenvalue weighted by molar-refractivity contribution is -0.384. The van der Waals surface area contributed by atoms with Crippen molar-refractivity contribution in [3.8, 4) is 0 Å². The van der Waals surface area contributed by atoms with Gasteiger partial charge in [0.25, 0.3) is 5.69 Å². The van der Waals surface area contributed by atoms with Gasteiger partial charge >= 0.3 is 5.97 Å². The first-order valence-corrected chi connectivity index (χ1v) is 6.56. The molecule has 1 aromatic rings. The van der Waals surface area contributed by atoms with Crippen LogP contribution in [0.25, 0.3) is 0 Å². The number of benzene rings is 1. The zero-order valence-corrected chi connectivity index (χ0v) is 11.3. The third-order valence-electron chi connectivity index (χ3n) is 3.30. The van der Waals surface area contributed by atoms with E-state index in [1.165, 1.54) is 12.1 Å². The van der Waals surface area contributed by atoms with Crippen LogP contribution in [0, 0.1) is 20.9 Å². The third kappa shape index (κ3) is 4.32. The second kappa shape index (κ2) is 6.89. The van der Waals surface area contributed by atoms with Gasteiger partial charge in [-0.2, -0.15) is 0 Å². The fraction of sp³-hybridized carbons (Fsp3) is 0.462. The van der Waals surface area contributed by atoms with Gasteiger partial charge in [0.2, 0.25) is 0 Å². The van der Waals surface area contributed by atoms with Crippen molar-refractivity contribution in [3.63, 3.8) is 0 Å². The minimum absolute atomic E-state index is 0.0600. The highest BCUT2D eigenvalue weighted by Crippen LogP contribution is 2.23. The number of carbonyl (C=O) groups is 1. The van der Waals surface area contributed by atoms with Gasteiger partial charge in [0, 0.05) is 18.6 Å². The predicted octanol–water partition coefficient (Wildman–Crippen LogP) is 2.04. The molecule has 0 radical (unpaired) electrons. The first-order chi connectivity index (χ1) is 10.1. The largest absolute Gasteiger partial charge is 0.461 e. The summed E-state index contributed by atoms with van der Waals surface area (Å²) in [5.41, 5.74) is 0.0603. The van der Waals surface area contributed by atoms with Crippen LogP contribution in [0.1, 0.15) is 18.4 Å². The molecule has 1 aromatic carbocycles. The number of nitro benzene ring substituents is 1. The van der Waals surface area contributed by atoms with E-state index < -0.39 is 4.92 Å². The fourth-order valence-electron chi connectivity index (χ4n) is 2.24. The van der Waals surface area contributed by atoms with Crippen LogP contribution >= 0.6 is 0 Å². The van der Waals surface area contributed by atoms with Crippen LogP contribution in [0.4, 0.5) is 11.4 Å². The summed E-state index contributed by atoms with van der Waals surface area (Å²) in [4.78, 5) is 32.3. The van der Waals surface area contributed by atoms with Crippen molar-refractivity contribution in [1.82, 2.24) is 5.32 Å². The Hall–Kier alpha value is -2.35. The second-order valence-electron chi connectivity index (χ2n) is 4.93. The van der Waals surface area contributed by atoms with E-state index in [1.807, 2.05) is 0 Å². The SMILES string of the molecule is O=Nc1cc(COC(=O)CC2CCNC2)cc([N+](=O)[O-])c1. The lowest BCUT2D eigenvalue weighted by Crippen LogP contribution is -2.14. The van der Waals surface area contributed by atoms with Crippen molar-refractivity contribution in [2.45, 2.75) is 19.4 Å². The Kier molecular flexibility index (Phi) is 4.94. The third-order valence-corrected chi connectivity index (χ3v) is 3.30. The number of rotatable bonds is 6. The molecule has 0 bridgehead atoms. The Balaban J connectivity index is 1.95. The number of hydrogen-bond acceptors (Lipinski definition) is 7. The zero-order chi connectivity index (χ0) is 15.2. The van der Waals surface area contributed by atoms with Crippen molar-refractivity contribution in [3.05, 3.63) is 38.8 Å². The summed E-state index contributed by atoms with van der Waals surface area (Å²) in [6.45, 7) is 1.59. The molecule has 0 amide bonds. The molecule has 0 saturated carbocycles. The first-order valence-electron chi connectivity index (χ1n) is 6.56. The number of nitrogens with one attached hydrogen (secondary N) is 1. The second-order valence-corrected chi connectivity index (χ2v) is 4.93. The maximum atomic E-state index is 11.7. The van der Waals surface area contributed by atoms with Crippen LogP contribution in [0.3, 0.4) is 0 Å². The maximum Gasteiger partial charge on any atom is 0.306 e. The van der Waals surface area contributed by atoms with E-state index in [1.54, 1.807) is 0 Å². The molecule has 8 nitrogen and oxygen atoms in total. The van der Waals surface area contributed by atoms with Gasteiger partial charge in [0.05, 0.1) is 4.92 Å². The van der Waals surface area contributed by atoms with E-state index >= 15 is 0 Å². The zero-order valence-electron chi connectivity index (χ0n) is 11.3. The van der Waals surface area contributed by atoms with E-state index in [2.05, 4.69) is 10.5 Å². The highest BCUT2D eigenvalue weighted by atomic mass is 16.6. The molecular formula is C13H15N3O5. The molecule has 2 rings (SSSR count). The van der Waals surface area contributed by atoms with Gasteiger partial charge in [-0.3, -0.25) is 14.9 Å². The molecule has 8 heteroatoms. The monoisotopic (exact) mass is 293 g/mol. The average molecular weight is 293 g/mol. The summed E-state index contributed by atoms with van der Waals surface area (Å²) in [5, 5.41) is 16.6. The number of nitro groups is 1. The number of hydrogen-bond donors (Lipinski definition) is 1. The van der Waals surface area contributed by atoms with Crippen LogP contribution in [0.2, 0.25) is 0 Å². The van der Waals surface area contributed by atoms with Crippen molar-refractivity contribution in [2.24, 2.45) is 11.1 Å². The van der Waals surface area contributed by atoms with Gasteiger partial charge in [-0.15, -0.1) is 4.91 Å². The molecule has 112 valence electrons. The van der Waals surface area contributed by atoms with Gasteiger partial charge in [-0.05, 0) is 42.2 Å². The van der Waals surface area contributed by atoms with Gasteiger partial charge in [0.1, 0.15) is 12.3 Å². The molecule has 1 heterocycles. The Morgan fingerprint density at radius 2 is 2.29 bits per heavy atom. The van der Waals surface area contributed by atoms with E-state index in [4.69, 9.17) is 4.74 Å². The number of nitrogens with zero attached hydrogens (tertiary/aromatic N) is 2. The summed E-state index contributed by atoms with van der Waals surface area (Å²) in [6.07, 6.45) is 1.26. The standard InChI is InChI=1S/C13H15N3O5/c17-13(5-9-1-2-14-7-9)21-8-10-3-11(15-18)6-12(4-10)16(19)20/h3-4,6,9,14H,1-2,5,7-8H2. The van der Waals surface area contributed by atoms with E-state index in [9.17, 15) is 19.8 Å². The summed E-state index contributed by atoms with van der Waals surface area (Å²) < 4.78 is 5.09. The molecule has 1 aliphatic rings. The van der Waals surface area contributed by atoms with Crippen molar-refractivity contribution < 1.29 is 14.5 Å². The number of non-ortho nitro benzene ring substituents is 1. The van der Waals surface area contributed by atoms with E-state index in [0.717, 1.165) is 25.6 Å². The summed E-state index contributed by atoms with van der Waals surface area (Å²) >= 11 is 0. The van der Waals surface area contributed by atoms with Gasteiger partial charge < -0.3 is 10.1 Å². The van der Waals surface area contributed by atoms with E-state index in [0.29, 0.717) is 12.0 Å². The quantitative estimate of drug-likeness (QED) is 0.372. The van der Waals surface area contributed by atoms with Crippen LogP contribution in [-0.4, -0.2) is 24.0 Å². The van der Waals surface area contributed by atoms with Gasteiger partial charge in [-0.25, -0.2) is 0 Å². The lowest BCUT2D eigenvalue weighted by atomic mass is 10.1. The van der Waals surface area contributed by atoms with Crippen LogP contribution in [-0.2, 0) is 16.1 Å². The molecule has 0 aromatic heterocycles. The van der Waals surface area contributed by atoms with Crippen LogP contribution in [0.5, 0.6) is 0 Å². The number of esters is 1. The lowest BCUT2D eigenvalue weighted by Gasteiger charge is -2.08. The molecule has 1 saturated heterocycles. The molecule has 1 N–H and O–H groups in total. The topological polar surface area (TPSA) is 111 Å². The smallest absolute Gasteiger partial charge is 0.306 e. The van der Waals surface area contributed by atoms with Crippen molar-refractivity contribution in [2.75, 3.05) is 13.1 Å². The van der Waals surface area contributed by atoms with Crippen LogP contribution in [0.15, 0.2) is 23.4 Å². The van der Waals surface area contributed by atoms with Gasteiger partial charge in [-0.1, -0.05) is 0 Å². The highest BCUT2D eigenvalue weighted by molar-refractivity contribution is 5.69. The number of nitroso groups, excluding NO2 is 1. The molecule has 1 unspecified atom stereocenters. The molecule has 1 fully saturated rings. The molecule has 1 atom stereocenters. The number of ether oxygens (including phenoxy) is 1. The average Bonchev–Trinajstić information content (AvgIpc) is 2.97. The minimum atomic E-state index is -0.621. The Morgan fingerprint density at radius 1 is 1.48 bits per heavy atom. The molecule has 0 aliphatic carbocycles. The normalized spacial score (nSPS) is 17.4. The summed E-state index contributed by atoms with van der Waals surface area (Å²) in [7, 11) is 0. The molecular weight excluding hydrogens is 278 g/mol. The highest BCUT2D eigenvalue weighted by Gasteiger charge is 2.19. The Bertz CT molecular complexity index is 555. The predicted molar refractivity (Wildman–Crippen MR) is 73.9 cm³/mol. The summed E-state index contributed by atoms with van der Waals surface area (Å²) in [6, 6.07) is 3.70. The molecule has 21 heavy (non-hydrogen) atoms. The summed E-state index contributed by atoms with van der Waals surface area (Å²) in [5.74, 6) is -0.0781. The van der Waals surface area contributed by atoms with Gasteiger partial charge in [0.15, 0.2) is 0 Å². The Labute approximate surface area is 120 Å². The maximum absolute atomic E-state index is 11.7.